The maximum atomic E-state index is 11.8. The van der Waals surface area contributed by atoms with E-state index in [1.807, 2.05) is 31.0 Å². The molecule has 18 heavy (non-hydrogen) atoms. The molecule has 2 rings (SSSR count). The predicted octanol–water partition coefficient (Wildman–Crippen LogP) is 3.21. The Hall–Kier alpha value is -1.20. The monoisotopic (exact) mass is 283 g/mol. The van der Waals surface area contributed by atoms with Gasteiger partial charge < -0.3 is 10.2 Å². The molecule has 1 heterocycles. The number of anilines is 1. The molecule has 0 saturated carbocycles. The van der Waals surface area contributed by atoms with Crippen molar-refractivity contribution < 1.29 is 4.79 Å². The number of thioether (sulfide) groups is 1. The number of nitrogens with zero attached hydrogens (tertiary/aromatic N) is 2. The van der Waals surface area contributed by atoms with Crippen LogP contribution in [0.25, 0.3) is 0 Å². The van der Waals surface area contributed by atoms with Crippen molar-refractivity contribution in [2.45, 2.75) is 6.92 Å². The highest BCUT2D eigenvalue weighted by atomic mass is 35.5. The minimum Gasteiger partial charge on any atom is -0.353 e. The molecule has 0 aromatic heterocycles. The number of benzene rings is 1. The smallest absolute Gasteiger partial charge is 0.347 e. The van der Waals surface area contributed by atoms with Crippen LogP contribution in [0.4, 0.5) is 10.5 Å². The van der Waals surface area contributed by atoms with Gasteiger partial charge in [0.1, 0.15) is 0 Å². The third kappa shape index (κ3) is 2.97. The largest absolute Gasteiger partial charge is 0.353 e. The molecule has 1 aliphatic heterocycles. The SMILES string of the molecule is Cc1cccc(Cl)c1NC(=O)/N=C1/SCCN1C. The molecule has 1 N–H and O–H groups in total. The molecule has 96 valence electrons. The molecule has 0 bridgehead atoms. The zero-order chi connectivity index (χ0) is 13.1. The summed E-state index contributed by atoms with van der Waals surface area (Å²) in [5, 5.41) is 4.00. The van der Waals surface area contributed by atoms with E-state index in [9.17, 15) is 4.79 Å². The number of rotatable bonds is 1. The number of amides is 2. The van der Waals surface area contributed by atoms with Crippen LogP contribution in [-0.4, -0.2) is 35.4 Å². The predicted molar refractivity (Wildman–Crippen MR) is 77.7 cm³/mol. The average Bonchev–Trinajstić information content (AvgIpc) is 2.70. The maximum Gasteiger partial charge on any atom is 0.347 e. The summed E-state index contributed by atoms with van der Waals surface area (Å²) in [6.07, 6.45) is 0. The fourth-order valence-corrected chi connectivity index (χ4v) is 2.89. The molecule has 0 aliphatic carbocycles. The highest BCUT2D eigenvalue weighted by Crippen LogP contribution is 2.25. The summed E-state index contributed by atoms with van der Waals surface area (Å²) < 4.78 is 0. The second-order valence-corrected chi connectivity index (χ2v) is 5.50. The molecule has 1 fully saturated rings. The first-order valence-corrected chi connectivity index (χ1v) is 6.93. The summed E-state index contributed by atoms with van der Waals surface area (Å²) in [6, 6.07) is 5.10. The highest BCUT2D eigenvalue weighted by molar-refractivity contribution is 8.14. The topological polar surface area (TPSA) is 44.7 Å². The zero-order valence-electron chi connectivity index (χ0n) is 10.2. The van der Waals surface area contributed by atoms with Crippen molar-refractivity contribution in [2.75, 3.05) is 24.7 Å². The quantitative estimate of drug-likeness (QED) is 0.861. The molecule has 1 aromatic carbocycles. The van der Waals surface area contributed by atoms with Crippen LogP contribution in [-0.2, 0) is 0 Å². The number of aliphatic imine (C=N–C) groups is 1. The summed E-state index contributed by atoms with van der Waals surface area (Å²) >= 11 is 7.62. The number of halogens is 1. The van der Waals surface area contributed by atoms with Crippen molar-refractivity contribution in [3.63, 3.8) is 0 Å². The maximum absolute atomic E-state index is 11.8. The fourth-order valence-electron chi connectivity index (χ4n) is 1.61. The number of amidine groups is 1. The van der Waals surface area contributed by atoms with E-state index in [-0.39, 0.29) is 6.03 Å². The van der Waals surface area contributed by atoms with Crippen molar-refractivity contribution >= 4 is 40.2 Å². The molecule has 4 nitrogen and oxygen atoms in total. The van der Waals surface area contributed by atoms with Crippen molar-refractivity contribution in [3.8, 4) is 0 Å². The lowest BCUT2D eigenvalue weighted by molar-refractivity contribution is 0.259. The van der Waals surface area contributed by atoms with E-state index in [0.29, 0.717) is 10.7 Å². The molecule has 6 heteroatoms. The first kappa shape index (κ1) is 13.2. The highest BCUT2D eigenvalue weighted by Gasteiger charge is 2.17. The molecule has 0 spiro atoms. The molecule has 0 unspecified atom stereocenters. The van der Waals surface area contributed by atoms with Crippen LogP contribution in [0.2, 0.25) is 5.02 Å². The van der Waals surface area contributed by atoms with Crippen LogP contribution < -0.4 is 5.32 Å². The Morgan fingerprint density at radius 2 is 2.33 bits per heavy atom. The van der Waals surface area contributed by atoms with Crippen LogP contribution in [0, 0.1) is 6.92 Å². The van der Waals surface area contributed by atoms with Crippen LogP contribution in [0.3, 0.4) is 0 Å². The van der Waals surface area contributed by atoms with E-state index in [4.69, 9.17) is 11.6 Å². The molecular formula is C12H14ClN3OS. The Kier molecular flexibility index (Phi) is 4.14. The first-order valence-electron chi connectivity index (χ1n) is 5.56. The Bertz CT molecular complexity index is 484. The molecular weight excluding hydrogens is 270 g/mol. The third-order valence-corrected chi connectivity index (χ3v) is 4.00. The van der Waals surface area contributed by atoms with Crippen molar-refractivity contribution in [1.29, 1.82) is 0 Å². The minimum absolute atomic E-state index is 0.387. The average molecular weight is 284 g/mol. The second-order valence-electron chi connectivity index (χ2n) is 4.03. The normalized spacial score (nSPS) is 17.3. The van der Waals surface area contributed by atoms with E-state index in [1.54, 1.807) is 17.8 Å². The summed E-state index contributed by atoms with van der Waals surface area (Å²) in [7, 11) is 1.92. The fraction of sp³-hybridized carbons (Fsp3) is 0.333. The molecule has 2 amide bonds. The van der Waals surface area contributed by atoms with E-state index in [0.717, 1.165) is 23.0 Å². The lowest BCUT2D eigenvalue weighted by atomic mass is 10.2. The van der Waals surface area contributed by atoms with Gasteiger partial charge >= 0.3 is 6.03 Å². The van der Waals surface area contributed by atoms with Crippen LogP contribution in [0.5, 0.6) is 0 Å². The number of para-hydroxylation sites is 1. The number of nitrogens with one attached hydrogen (secondary N) is 1. The lowest BCUT2D eigenvalue weighted by Crippen LogP contribution is -2.21. The van der Waals surface area contributed by atoms with Crippen LogP contribution in [0.15, 0.2) is 23.2 Å². The number of carbonyl (C=O) groups excluding carboxylic acids is 1. The molecule has 0 radical (unpaired) electrons. The van der Waals surface area contributed by atoms with Crippen LogP contribution >= 0.6 is 23.4 Å². The Morgan fingerprint density at radius 3 is 2.94 bits per heavy atom. The lowest BCUT2D eigenvalue weighted by Gasteiger charge is -2.11. The van der Waals surface area contributed by atoms with Gasteiger partial charge in [-0.25, -0.2) is 4.79 Å². The van der Waals surface area contributed by atoms with Crippen molar-refractivity contribution in [2.24, 2.45) is 4.99 Å². The summed E-state index contributed by atoms with van der Waals surface area (Å²) in [5.41, 5.74) is 1.54. The number of hydrogen-bond acceptors (Lipinski definition) is 2. The Balaban J connectivity index is 2.12. The van der Waals surface area contributed by atoms with E-state index >= 15 is 0 Å². The van der Waals surface area contributed by atoms with Gasteiger partial charge in [0.2, 0.25) is 0 Å². The van der Waals surface area contributed by atoms with Crippen LogP contribution in [0.1, 0.15) is 5.56 Å². The second kappa shape index (κ2) is 5.63. The third-order valence-electron chi connectivity index (χ3n) is 2.64. The number of carbonyl (C=O) groups is 1. The summed E-state index contributed by atoms with van der Waals surface area (Å²) in [6.45, 7) is 2.81. The van der Waals surface area contributed by atoms with E-state index in [1.165, 1.54) is 0 Å². The number of hydrogen-bond donors (Lipinski definition) is 1. The van der Waals surface area contributed by atoms with Gasteiger partial charge in [-0.2, -0.15) is 4.99 Å². The van der Waals surface area contributed by atoms with Gasteiger partial charge in [0, 0.05) is 19.3 Å². The molecule has 1 aliphatic rings. The Labute approximate surface area is 115 Å². The van der Waals surface area contributed by atoms with Crippen molar-refractivity contribution in [3.05, 3.63) is 28.8 Å². The van der Waals surface area contributed by atoms with Gasteiger partial charge in [-0.15, -0.1) is 0 Å². The van der Waals surface area contributed by atoms with Gasteiger partial charge in [-0.1, -0.05) is 35.5 Å². The first-order chi connectivity index (χ1) is 8.58. The zero-order valence-corrected chi connectivity index (χ0v) is 11.8. The molecule has 1 saturated heterocycles. The van der Waals surface area contributed by atoms with E-state index in [2.05, 4.69) is 10.3 Å². The van der Waals surface area contributed by atoms with Gasteiger partial charge in [-0.05, 0) is 18.6 Å². The number of aryl methyl sites for hydroxylation is 1. The van der Waals surface area contributed by atoms with Crippen molar-refractivity contribution in [1.82, 2.24) is 4.90 Å². The van der Waals surface area contributed by atoms with Gasteiger partial charge in [0.25, 0.3) is 0 Å². The number of urea groups is 1. The molecule has 1 aromatic rings. The van der Waals surface area contributed by atoms with Gasteiger partial charge in [0.05, 0.1) is 10.7 Å². The minimum atomic E-state index is -0.387. The van der Waals surface area contributed by atoms with Gasteiger partial charge in [-0.3, -0.25) is 0 Å². The summed E-state index contributed by atoms with van der Waals surface area (Å²) in [4.78, 5) is 17.8. The van der Waals surface area contributed by atoms with E-state index < -0.39 is 0 Å². The summed E-state index contributed by atoms with van der Waals surface area (Å²) in [5.74, 6) is 0.966. The Morgan fingerprint density at radius 1 is 1.56 bits per heavy atom. The van der Waals surface area contributed by atoms with Gasteiger partial charge in [0.15, 0.2) is 5.17 Å². The molecule has 0 atom stereocenters. The standard InChI is InChI=1S/C12H14ClN3OS/c1-8-4-3-5-9(13)10(8)14-11(17)15-12-16(2)6-7-18-12/h3-5H,6-7H2,1-2H3,(H,14,17)/b15-12+.